The molecule has 70 valence electrons. The largest absolute Gasteiger partial charge is 0.469 e. The highest BCUT2D eigenvalue weighted by Gasteiger charge is 2.41. The van der Waals surface area contributed by atoms with Crippen LogP contribution in [-0.4, -0.2) is 25.3 Å². The average molecular weight is 175 g/mol. The summed E-state index contributed by atoms with van der Waals surface area (Å²) in [6, 6.07) is 0. The minimum Gasteiger partial charge on any atom is -0.469 e. The molecular weight excluding hydrogens is 161 g/mol. The molecule has 2 atom stereocenters. The molecule has 0 spiro atoms. The number of ether oxygens (including phenoxy) is 1. The van der Waals surface area contributed by atoms with Gasteiger partial charge in [-0.2, -0.15) is 0 Å². The van der Waals surface area contributed by atoms with Crippen molar-refractivity contribution in [3.63, 3.8) is 0 Å². The van der Waals surface area contributed by atoms with Gasteiger partial charge in [0, 0.05) is 6.54 Å². The van der Waals surface area contributed by atoms with E-state index in [0.29, 0.717) is 12.8 Å². The lowest BCUT2D eigenvalue weighted by atomic mass is 10.0. The van der Waals surface area contributed by atoms with E-state index < -0.39 is 5.67 Å². The van der Waals surface area contributed by atoms with Crippen LogP contribution in [0.15, 0.2) is 0 Å². The minimum absolute atomic E-state index is 0.000490. The van der Waals surface area contributed by atoms with Crippen molar-refractivity contribution in [3.8, 4) is 0 Å². The molecule has 0 radical (unpaired) electrons. The highest BCUT2D eigenvalue weighted by molar-refractivity contribution is 5.72. The van der Waals surface area contributed by atoms with Crippen LogP contribution in [0.2, 0.25) is 0 Å². The topological polar surface area (TPSA) is 52.3 Å². The van der Waals surface area contributed by atoms with Crippen LogP contribution in [0.5, 0.6) is 0 Å². The van der Waals surface area contributed by atoms with Crippen LogP contribution in [0.4, 0.5) is 4.39 Å². The van der Waals surface area contributed by atoms with Crippen LogP contribution in [0.1, 0.15) is 19.3 Å². The molecule has 3 nitrogen and oxygen atoms in total. The third kappa shape index (κ3) is 1.75. The second-order valence-corrected chi connectivity index (χ2v) is 3.32. The van der Waals surface area contributed by atoms with Crippen molar-refractivity contribution in [1.29, 1.82) is 0 Å². The van der Waals surface area contributed by atoms with Gasteiger partial charge in [-0.3, -0.25) is 4.79 Å². The fraction of sp³-hybridized carbons (Fsp3) is 0.875. The quantitative estimate of drug-likeness (QED) is 0.626. The standard InChI is InChI=1S/C8H14FNO2/c1-12-7(11)6-2-3-8(9,4-6)5-10/h6H,2-5,10H2,1H3/t6-,8-/m1/s1. The summed E-state index contributed by atoms with van der Waals surface area (Å²) < 4.78 is 18.0. The summed E-state index contributed by atoms with van der Waals surface area (Å²) in [6.45, 7) is 0.000490. The minimum atomic E-state index is -1.33. The number of hydrogen-bond donors (Lipinski definition) is 1. The van der Waals surface area contributed by atoms with Crippen molar-refractivity contribution in [3.05, 3.63) is 0 Å². The van der Waals surface area contributed by atoms with E-state index in [-0.39, 0.29) is 24.9 Å². The van der Waals surface area contributed by atoms with Crippen LogP contribution < -0.4 is 5.73 Å². The van der Waals surface area contributed by atoms with Gasteiger partial charge < -0.3 is 10.5 Å². The van der Waals surface area contributed by atoms with E-state index in [1.165, 1.54) is 7.11 Å². The van der Waals surface area contributed by atoms with Gasteiger partial charge in [0.25, 0.3) is 0 Å². The van der Waals surface area contributed by atoms with E-state index >= 15 is 0 Å². The van der Waals surface area contributed by atoms with E-state index in [1.807, 2.05) is 0 Å². The van der Waals surface area contributed by atoms with Gasteiger partial charge in [-0.05, 0) is 19.3 Å². The van der Waals surface area contributed by atoms with Crippen molar-refractivity contribution in [2.45, 2.75) is 24.9 Å². The fourth-order valence-corrected chi connectivity index (χ4v) is 1.63. The predicted octanol–water partition coefficient (Wildman–Crippen LogP) is 0.626. The first-order valence-corrected chi connectivity index (χ1v) is 4.08. The van der Waals surface area contributed by atoms with Crippen molar-refractivity contribution in [1.82, 2.24) is 0 Å². The van der Waals surface area contributed by atoms with Gasteiger partial charge in [-0.15, -0.1) is 0 Å². The highest BCUT2D eigenvalue weighted by atomic mass is 19.1. The molecule has 0 aromatic rings. The Hall–Kier alpha value is -0.640. The van der Waals surface area contributed by atoms with Crippen LogP contribution in [0, 0.1) is 5.92 Å². The maximum atomic E-state index is 13.5. The van der Waals surface area contributed by atoms with Crippen LogP contribution in [-0.2, 0) is 9.53 Å². The number of methoxy groups -OCH3 is 1. The Bertz CT molecular complexity index is 186. The van der Waals surface area contributed by atoms with E-state index in [9.17, 15) is 9.18 Å². The van der Waals surface area contributed by atoms with Crippen LogP contribution in [0.3, 0.4) is 0 Å². The molecule has 2 N–H and O–H groups in total. The first kappa shape index (κ1) is 9.45. The molecule has 1 rings (SSSR count). The number of halogens is 1. The Morgan fingerprint density at radius 1 is 1.83 bits per heavy atom. The summed E-state index contributed by atoms with van der Waals surface area (Å²) in [6.07, 6.45) is 1.15. The van der Waals surface area contributed by atoms with Gasteiger partial charge in [-0.25, -0.2) is 4.39 Å². The molecule has 0 aromatic heterocycles. The normalized spacial score (nSPS) is 35.1. The van der Waals surface area contributed by atoms with Gasteiger partial charge in [0.05, 0.1) is 13.0 Å². The van der Waals surface area contributed by atoms with E-state index in [4.69, 9.17) is 5.73 Å². The average Bonchev–Trinajstić information content (AvgIpc) is 2.48. The molecule has 1 saturated carbocycles. The number of rotatable bonds is 2. The number of esters is 1. The Labute approximate surface area is 71.1 Å². The molecule has 0 unspecified atom stereocenters. The Morgan fingerprint density at radius 3 is 2.92 bits per heavy atom. The van der Waals surface area contributed by atoms with Gasteiger partial charge in [0.1, 0.15) is 5.67 Å². The number of hydrogen-bond acceptors (Lipinski definition) is 3. The molecule has 0 aromatic carbocycles. The molecule has 4 heteroatoms. The molecule has 1 aliphatic rings. The molecule has 0 aliphatic heterocycles. The lowest BCUT2D eigenvalue weighted by molar-refractivity contribution is -0.145. The van der Waals surface area contributed by atoms with Gasteiger partial charge in [-0.1, -0.05) is 0 Å². The number of nitrogens with two attached hydrogens (primary N) is 1. The summed E-state index contributed by atoms with van der Waals surface area (Å²) in [5.74, 6) is -0.605. The molecule has 12 heavy (non-hydrogen) atoms. The first-order valence-electron chi connectivity index (χ1n) is 4.08. The highest BCUT2D eigenvalue weighted by Crippen LogP contribution is 2.37. The zero-order valence-corrected chi connectivity index (χ0v) is 7.18. The second-order valence-electron chi connectivity index (χ2n) is 3.32. The Kier molecular flexibility index (Phi) is 2.67. The maximum absolute atomic E-state index is 13.5. The van der Waals surface area contributed by atoms with Crippen LogP contribution >= 0.6 is 0 Å². The zero-order chi connectivity index (χ0) is 9.19. The van der Waals surface area contributed by atoms with Crippen molar-refractivity contribution in [2.24, 2.45) is 11.7 Å². The number of carbonyl (C=O) groups is 1. The summed E-state index contributed by atoms with van der Waals surface area (Å²) in [4.78, 5) is 11.0. The Balaban J connectivity index is 2.50. The summed E-state index contributed by atoms with van der Waals surface area (Å²) in [7, 11) is 1.32. The fourth-order valence-electron chi connectivity index (χ4n) is 1.63. The lowest BCUT2D eigenvalue weighted by Gasteiger charge is -2.15. The van der Waals surface area contributed by atoms with Gasteiger partial charge in [0.2, 0.25) is 0 Å². The molecular formula is C8H14FNO2. The van der Waals surface area contributed by atoms with Crippen molar-refractivity contribution in [2.75, 3.05) is 13.7 Å². The van der Waals surface area contributed by atoms with E-state index in [2.05, 4.69) is 4.74 Å². The first-order chi connectivity index (χ1) is 5.61. The summed E-state index contributed by atoms with van der Waals surface area (Å²) in [5, 5.41) is 0. The van der Waals surface area contributed by atoms with Crippen molar-refractivity contribution >= 4 is 5.97 Å². The lowest BCUT2D eigenvalue weighted by Crippen LogP contribution is -2.30. The third-order valence-corrected chi connectivity index (χ3v) is 2.45. The number of alkyl halides is 1. The van der Waals surface area contributed by atoms with Crippen molar-refractivity contribution < 1.29 is 13.9 Å². The molecule has 0 bridgehead atoms. The molecule has 1 aliphatic carbocycles. The molecule has 0 amide bonds. The van der Waals surface area contributed by atoms with Gasteiger partial charge in [0.15, 0.2) is 0 Å². The molecule has 0 heterocycles. The maximum Gasteiger partial charge on any atom is 0.308 e. The Morgan fingerprint density at radius 2 is 2.50 bits per heavy atom. The summed E-state index contributed by atoms with van der Waals surface area (Å²) in [5.41, 5.74) is 3.91. The smallest absolute Gasteiger partial charge is 0.308 e. The number of carbonyl (C=O) groups excluding carboxylic acids is 1. The summed E-state index contributed by atoms with van der Waals surface area (Å²) >= 11 is 0. The molecule has 1 fully saturated rings. The van der Waals surface area contributed by atoms with E-state index in [0.717, 1.165) is 0 Å². The second kappa shape index (κ2) is 3.39. The monoisotopic (exact) mass is 175 g/mol. The third-order valence-electron chi connectivity index (χ3n) is 2.45. The van der Waals surface area contributed by atoms with Crippen LogP contribution in [0.25, 0.3) is 0 Å². The predicted molar refractivity (Wildman–Crippen MR) is 42.3 cm³/mol. The van der Waals surface area contributed by atoms with Gasteiger partial charge >= 0.3 is 5.97 Å². The zero-order valence-electron chi connectivity index (χ0n) is 7.18. The molecule has 0 saturated heterocycles. The van der Waals surface area contributed by atoms with E-state index in [1.54, 1.807) is 0 Å². The SMILES string of the molecule is COC(=O)[C@@H]1CC[C@](F)(CN)C1.